The number of H-pyrrole nitrogens is 1. The van der Waals surface area contributed by atoms with Gasteiger partial charge in [0.2, 0.25) is 5.91 Å². The second-order valence-electron chi connectivity index (χ2n) is 5.82. The van der Waals surface area contributed by atoms with Gasteiger partial charge in [-0.2, -0.15) is 5.10 Å². The summed E-state index contributed by atoms with van der Waals surface area (Å²) in [5.41, 5.74) is 3.13. The highest BCUT2D eigenvalue weighted by Crippen LogP contribution is 2.20. The largest absolute Gasteiger partial charge is 0.466 e. The number of nitrogens with zero attached hydrogens (tertiary/aromatic N) is 2. The van der Waals surface area contributed by atoms with Crippen molar-refractivity contribution in [1.82, 2.24) is 15.1 Å². The summed E-state index contributed by atoms with van der Waals surface area (Å²) < 4.78 is 5.05. The van der Waals surface area contributed by atoms with Crippen LogP contribution in [0.4, 0.5) is 0 Å². The van der Waals surface area contributed by atoms with Crippen LogP contribution in [0, 0.1) is 19.8 Å². The Morgan fingerprint density at radius 2 is 2.00 bits per heavy atom. The first-order chi connectivity index (χ1) is 10.5. The van der Waals surface area contributed by atoms with E-state index >= 15 is 0 Å². The highest BCUT2D eigenvalue weighted by molar-refractivity contribution is 5.77. The number of hydrogen-bond donors (Lipinski definition) is 1. The molecule has 22 heavy (non-hydrogen) atoms. The molecule has 1 saturated heterocycles. The van der Waals surface area contributed by atoms with Gasteiger partial charge in [-0.25, -0.2) is 0 Å². The van der Waals surface area contributed by atoms with E-state index in [4.69, 9.17) is 4.74 Å². The summed E-state index contributed by atoms with van der Waals surface area (Å²) in [5.74, 6) is -0.0242. The number of esters is 1. The maximum atomic E-state index is 12.3. The van der Waals surface area contributed by atoms with E-state index in [-0.39, 0.29) is 17.8 Å². The zero-order valence-electron chi connectivity index (χ0n) is 13.6. The number of aryl methyl sites for hydroxylation is 2. The van der Waals surface area contributed by atoms with Gasteiger partial charge < -0.3 is 9.64 Å². The van der Waals surface area contributed by atoms with Crippen LogP contribution in [0.2, 0.25) is 0 Å². The summed E-state index contributed by atoms with van der Waals surface area (Å²) >= 11 is 0. The fourth-order valence-electron chi connectivity index (χ4n) is 2.96. The lowest BCUT2D eigenvalue weighted by molar-refractivity contribution is -0.151. The summed E-state index contributed by atoms with van der Waals surface area (Å²) in [6.45, 7) is 7.45. The average Bonchev–Trinajstić information content (AvgIpc) is 2.84. The van der Waals surface area contributed by atoms with Crippen LogP contribution in [0.1, 0.15) is 43.1 Å². The van der Waals surface area contributed by atoms with E-state index in [1.165, 1.54) is 0 Å². The van der Waals surface area contributed by atoms with Gasteiger partial charge in [0.15, 0.2) is 0 Å². The van der Waals surface area contributed by atoms with E-state index < -0.39 is 0 Å². The second-order valence-corrected chi connectivity index (χ2v) is 5.82. The number of nitrogens with one attached hydrogen (secondary N) is 1. The van der Waals surface area contributed by atoms with E-state index in [0.29, 0.717) is 45.4 Å². The average molecular weight is 307 g/mol. The number of carbonyl (C=O) groups excluding carboxylic acids is 2. The van der Waals surface area contributed by atoms with Crippen LogP contribution in [-0.4, -0.2) is 46.7 Å². The smallest absolute Gasteiger partial charge is 0.309 e. The Morgan fingerprint density at radius 3 is 2.55 bits per heavy atom. The summed E-state index contributed by atoms with van der Waals surface area (Å²) in [7, 11) is 0. The van der Waals surface area contributed by atoms with Gasteiger partial charge in [-0.1, -0.05) is 0 Å². The van der Waals surface area contributed by atoms with Crippen LogP contribution in [0.15, 0.2) is 0 Å². The third-order valence-electron chi connectivity index (χ3n) is 4.34. The Kier molecular flexibility index (Phi) is 5.57. The number of ether oxygens (including phenoxy) is 1. The summed E-state index contributed by atoms with van der Waals surface area (Å²) in [5, 5.41) is 7.10. The fourth-order valence-corrected chi connectivity index (χ4v) is 2.96. The molecule has 6 nitrogen and oxygen atoms in total. The minimum absolute atomic E-state index is 0.0534. The van der Waals surface area contributed by atoms with E-state index in [0.717, 1.165) is 17.0 Å². The van der Waals surface area contributed by atoms with Gasteiger partial charge in [-0.15, -0.1) is 0 Å². The predicted molar refractivity (Wildman–Crippen MR) is 82.3 cm³/mol. The number of rotatable bonds is 5. The Morgan fingerprint density at radius 1 is 1.32 bits per heavy atom. The Balaban J connectivity index is 1.79. The molecule has 1 aromatic rings. The van der Waals surface area contributed by atoms with Crippen LogP contribution < -0.4 is 0 Å². The molecule has 122 valence electrons. The molecule has 6 heteroatoms. The van der Waals surface area contributed by atoms with Gasteiger partial charge in [0.05, 0.1) is 18.2 Å². The van der Waals surface area contributed by atoms with Crippen molar-refractivity contribution in [2.45, 2.75) is 46.5 Å². The van der Waals surface area contributed by atoms with Crippen LogP contribution in [0.3, 0.4) is 0 Å². The highest BCUT2D eigenvalue weighted by Gasteiger charge is 2.28. The van der Waals surface area contributed by atoms with Crippen LogP contribution >= 0.6 is 0 Å². The van der Waals surface area contributed by atoms with Crippen molar-refractivity contribution in [3.63, 3.8) is 0 Å². The SMILES string of the molecule is CCOC(=O)C1CCN(C(=O)CCc2c(C)n[nH]c2C)CC1. The fraction of sp³-hybridized carbons (Fsp3) is 0.688. The van der Waals surface area contributed by atoms with Gasteiger partial charge >= 0.3 is 5.97 Å². The van der Waals surface area contributed by atoms with Crippen LogP contribution in [-0.2, 0) is 20.7 Å². The van der Waals surface area contributed by atoms with E-state index in [2.05, 4.69) is 10.2 Å². The first-order valence-corrected chi connectivity index (χ1v) is 7.97. The number of piperidine rings is 1. The van der Waals surface area contributed by atoms with Crippen LogP contribution in [0.5, 0.6) is 0 Å². The number of amides is 1. The third-order valence-corrected chi connectivity index (χ3v) is 4.34. The number of aromatic amines is 1. The van der Waals surface area contributed by atoms with Crippen molar-refractivity contribution in [2.75, 3.05) is 19.7 Å². The molecule has 1 amide bonds. The molecular formula is C16H25N3O3. The number of likely N-dealkylation sites (tertiary alicyclic amines) is 1. The lowest BCUT2D eigenvalue weighted by Gasteiger charge is -2.31. The second kappa shape index (κ2) is 7.42. The maximum absolute atomic E-state index is 12.3. The molecule has 0 aromatic carbocycles. The first-order valence-electron chi connectivity index (χ1n) is 7.97. The summed E-state index contributed by atoms with van der Waals surface area (Å²) in [4.78, 5) is 25.9. The highest BCUT2D eigenvalue weighted by atomic mass is 16.5. The van der Waals surface area contributed by atoms with Gasteiger partial charge in [-0.05, 0) is 45.6 Å². The van der Waals surface area contributed by atoms with Crippen molar-refractivity contribution in [1.29, 1.82) is 0 Å². The van der Waals surface area contributed by atoms with E-state index in [1.807, 2.05) is 25.7 Å². The Labute approximate surface area is 131 Å². The van der Waals surface area contributed by atoms with Crippen molar-refractivity contribution < 1.29 is 14.3 Å². The summed E-state index contributed by atoms with van der Waals surface area (Å²) in [6, 6.07) is 0. The van der Waals surface area contributed by atoms with Crippen molar-refractivity contribution in [3.05, 3.63) is 17.0 Å². The Hall–Kier alpha value is -1.85. The monoisotopic (exact) mass is 307 g/mol. The van der Waals surface area contributed by atoms with Crippen LogP contribution in [0.25, 0.3) is 0 Å². The van der Waals surface area contributed by atoms with Gasteiger partial charge in [0.1, 0.15) is 0 Å². The minimum atomic E-state index is -0.126. The summed E-state index contributed by atoms with van der Waals surface area (Å²) in [6.07, 6.45) is 2.61. The molecule has 0 radical (unpaired) electrons. The number of hydrogen-bond acceptors (Lipinski definition) is 4. The molecule has 2 heterocycles. The number of carbonyl (C=O) groups is 2. The topological polar surface area (TPSA) is 75.3 Å². The lowest BCUT2D eigenvalue weighted by Crippen LogP contribution is -2.40. The minimum Gasteiger partial charge on any atom is -0.466 e. The van der Waals surface area contributed by atoms with Gasteiger partial charge in [0.25, 0.3) is 0 Å². The molecule has 0 unspecified atom stereocenters. The van der Waals surface area contributed by atoms with Gasteiger partial charge in [0, 0.05) is 25.2 Å². The van der Waals surface area contributed by atoms with Crippen molar-refractivity contribution >= 4 is 11.9 Å². The van der Waals surface area contributed by atoms with Crippen molar-refractivity contribution in [3.8, 4) is 0 Å². The normalized spacial score (nSPS) is 15.9. The maximum Gasteiger partial charge on any atom is 0.309 e. The molecule has 0 bridgehead atoms. The lowest BCUT2D eigenvalue weighted by atomic mass is 9.96. The molecule has 1 aliphatic rings. The Bertz CT molecular complexity index is 511. The molecule has 0 saturated carbocycles. The zero-order chi connectivity index (χ0) is 16.1. The molecule has 1 N–H and O–H groups in total. The molecular weight excluding hydrogens is 282 g/mol. The first kappa shape index (κ1) is 16.5. The van der Waals surface area contributed by atoms with E-state index in [9.17, 15) is 9.59 Å². The molecule has 1 aliphatic heterocycles. The number of aromatic nitrogens is 2. The molecule has 1 aromatic heterocycles. The van der Waals surface area contributed by atoms with Gasteiger partial charge in [-0.3, -0.25) is 14.7 Å². The molecule has 0 aliphatic carbocycles. The standard InChI is InChI=1S/C16H25N3O3/c1-4-22-16(21)13-7-9-19(10-8-13)15(20)6-5-14-11(2)17-18-12(14)3/h13H,4-10H2,1-3H3,(H,17,18). The molecule has 0 atom stereocenters. The van der Waals surface area contributed by atoms with E-state index in [1.54, 1.807) is 0 Å². The third kappa shape index (κ3) is 3.87. The zero-order valence-corrected chi connectivity index (χ0v) is 13.6. The predicted octanol–water partition coefficient (Wildman–Crippen LogP) is 1.76. The quantitative estimate of drug-likeness (QED) is 0.841. The molecule has 0 spiro atoms. The van der Waals surface area contributed by atoms with Crippen molar-refractivity contribution in [2.24, 2.45) is 5.92 Å². The molecule has 1 fully saturated rings. The molecule has 2 rings (SSSR count).